The minimum absolute atomic E-state index is 0.297. The molecule has 2 fully saturated rings. The van der Waals surface area contributed by atoms with Gasteiger partial charge in [-0.05, 0) is 56.3 Å². The second kappa shape index (κ2) is 5.73. The van der Waals surface area contributed by atoms with Crippen LogP contribution in [0.4, 0.5) is 0 Å². The molecule has 0 unspecified atom stereocenters. The number of hydrogen-bond donors (Lipinski definition) is 1. The first kappa shape index (κ1) is 13.4. The fourth-order valence-electron chi connectivity index (χ4n) is 2.83. The number of halogens is 1. The summed E-state index contributed by atoms with van der Waals surface area (Å²) >= 11 is 3.50. The molecule has 1 amide bonds. The average molecular weight is 302 g/mol. The summed E-state index contributed by atoms with van der Waals surface area (Å²) in [6.45, 7) is 3.20. The molecular weight excluding hydrogens is 278 g/mol. The summed E-state index contributed by atoms with van der Waals surface area (Å²) < 4.78 is 0. The molecule has 0 spiro atoms. The molecule has 0 heterocycles. The molecule has 0 saturated heterocycles. The lowest BCUT2D eigenvalue weighted by Gasteiger charge is -2.26. The molecule has 0 aliphatic heterocycles. The van der Waals surface area contributed by atoms with Crippen molar-refractivity contribution in [1.82, 2.24) is 5.32 Å². The van der Waals surface area contributed by atoms with Crippen molar-refractivity contribution < 1.29 is 4.79 Å². The molecule has 98 valence electrons. The highest BCUT2D eigenvalue weighted by molar-refractivity contribution is 9.09. The highest BCUT2D eigenvalue weighted by Gasteiger charge is 2.42. The first-order valence-electron chi connectivity index (χ1n) is 6.99. The molecule has 0 aromatic rings. The topological polar surface area (TPSA) is 29.1 Å². The van der Waals surface area contributed by atoms with Gasteiger partial charge < -0.3 is 5.32 Å². The van der Waals surface area contributed by atoms with Crippen LogP contribution < -0.4 is 5.32 Å². The van der Waals surface area contributed by atoms with E-state index in [1.807, 2.05) is 0 Å². The van der Waals surface area contributed by atoms with E-state index in [0.29, 0.717) is 17.2 Å². The lowest BCUT2D eigenvalue weighted by atomic mass is 9.82. The van der Waals surface area contributed by atoms with Gasteiger partial charge in [-0.25, -0.2) is 0 Å². The number of amides is 1. The largest absolute Gasteiger partial charge is 0.355 e. The molecule has 2 aliphatic rings. The van der Waals surface area contributed by atoms with Crippen LogP contribution in [0.3, 0.4) is 0 Å². The Kier molecular flexibility index (Phi) is 4.51. The molecule has 2 nitrogen and oxygen atoms in total. The van der Waals surface area contributed by atoms with Gasteiger partial charge in [0, 0.05) is 17.8 Å². The minimum atomic E-state index is 0.297. The molecule has 0 aromatic heterocycles. The van der Waals surface area contributed by atoms with E-state index in [1.165, 1.54) is 32.1 Å². The summed E-state index contributed by atoms with van der Waals surface area (Å²) in [5.74, 6) is 1.44. The Morgan fingerprint density at radius 3 is 2.47 bits per heavy atom. The number of carbonyl (C=O) groups excluding carboxylic acids is 1. The third-order valence-electron chi connectivity index (χ3n) is 4.61. The van der Waals surface area contributed by atoms with Crippen LogP contribution in [0.1, 0.15) is 51.9 Å². The lowest BCUT2D eigenvalue weighted by molar-refractivity contribution is -0.126. The van der Waals surface area contributed by atoms with Crippen molar-refractivity contribution in [2.45, 2.75) is 51.9 Å². The Hall–Kier alpha value is -0.0500. The van der Waals surface area contributed by atoms with Gasteiger partial charge in [0.1, 0.15) is 0 Å². The van der Waals surface area contributed by atoms with E-state index >= 15 is 0 Å². The second-order valence-corrected chi connectivity index (χ2v) is 6.91. The second-order valence-electron chi connectivity index (χ2n) is 6.11. The van der Waals surface area contributed by atoms with E-state index in [1.54, 1.807) is 0 Å². The first-order chi connectivity index (χ1) is 8.15. The summed E-state index contributed by atoms with van der Waals surface area (Å²) in [5, 5.41) is 4.25. The van der Waals surface area contributed by atoms with Crippen LogP contribution in [-0.2, 0) is 4.79 Å². The summed E-state index contributed by atoms with van der Waals surface area (Å²) in [6, 6.07) is 0. The zero-order chi connectivity index (χ0) is 12.3. The fraction of sp³-hybridized carbons (Fsp3) is 0.929. The van der Waals surface area contributed by atoms with Crippen LogP contribution in [0.15, 0.2) is 0 Å². The van der Waals surface area contributed by atoms with E-state index in [9.17, 15) is 4.79 Å². The van der Waals surface area contributed by atoms with Gasteiger partial charge in [0.15, 0.2) is 0 Å². The Labute approximate surface area is 113 Å². The van der Waals surface area contributed by atoms with Crippen LogP contribution in [-0.4, -0.2) is 17.8 Å². The molecule has 2 rings (SSSR count). The summed E-state index contributed by atoms with van der Waals surface area (Å²) in [4.78, 5) is 12.1. The van der Waals surface area contributed by atoms with E-state index in [0.717, 1.165) is 30.6 Å². The fourth-order valence-corrected chi connectivity index (χ4v) is 3.67. The average Bonchev–Trinajstić information content (AvgIpc) is 3.08. The maximum absolute atomic E-state index is 12.1. The summed E-state index contributed by atoms with van der Waals surface area (Å²) in [6.07, 6.45) is 8.43. The molecule has 0 atom stereocenters. The van der Waals surface area contributed by atoms with Crippen LogP contribution >= 0.6 is 15.9 Å². The molecule has 17 heavy (non-hydrogen) atoms. The smallest absolute Gasteiger partial charge is 0.223 e. The van der Waals surface area contributed by atoms with Gasteiger partial charge in [-0.2, -0.15) is 0 Å². The van der Waals surface area contributed by atoms with Gasteiger partial charge in [-0.1, -0.05) is 22.9 Å². The summed E-state index contributed by atoms with van der Waals surface area (Å²) in [7, 11) is 0. The van der Waals surface area contributed by atoms with Crippen molar-refractivity contribution in [3.63, 3.8) is 0 Å². The monoisotopic (exact) mass is 301 g/mol. The van der Waals surface area contributed by atoms with Crippen molar-refractivity contribution in [3.8, 4) is 0 Å². The van der Waals surface area contributed by atoms with Crippen LogP contribution in [0, 0.1) is 17.3 Å². The van der Waals surface area contributed by atoms with Gasteiger partial charge in [0.05, 0.1) is 0 Å². The molecule has 0 bridgehead atoms. The van der Waals surface area contributed by atoms with E-state index in [2.05, 4.69) is 28.2 Å². The van der Waals surface area contributed by atoms with Gasteiger partial charge in [-0.3, -0.25) is 4.79 Å². The Bertz CT molecular complexity index is 267. The number of carbonyl (C=O) groups is 1. The van der Waals surface area contributed by atoms with Crippen molar-refractivity contribution in [1.29, 1.82) is 0 Å². The third-order valence-corrected chi connectivity index (χ3v) is 5.00. The molecule has 0 aromatic carbocycles. The molecule has 3 heteroatoms. The Morgan fingerprint density at radius 2 is 1.94 bits per heavy atom. The van der Waals surface area contributed by atoms with E-state index in [4.69, 9.17) is 0 Å². The van der Waals surface area contributed by atoms with E-state index in [-0.39, 0.29) is 0 Å². The Balaban J connectivity index is 1.70. The number of rotatable bonds is 5. The molecule has 2 aliphatic carbocycles. The lowest BCUT2D eigenvalue weighted by Crippen LogP contribution is -2.36. The molecular formula is C14H24BrNO. The highest BCUT2D eigenvalue weighted by Crippen LogP contribution is 2.48. The van der Waals surface area contributed by atoms with Gasteiger partial charge in [0.25, 0.3) is 0 Å². The quantitative estimate of drug-likeness (QED) is 0.774. The number of hydrogen-bond acceptors (Lipinski definition) is 1. The normalized spacial score (nSPS) is 30.9. The van der Waals surface area contributed by atoms with Crippen molar-refractivity contribution in [3.05, 3.63) is 0 Å². The third kappa shape index (κ3) is 3.70. The standard InChI is InChI=1S/C14H24BrNO/c1-11-2-4-12(5-3-11)13(17)16-10-14(6-7-14)8-9-15/h11-12H,2-10H2,1H3,(H,16,17). The highest BCUT2D eigenvalue weighted by atomic mass is 79.9. The summed E-state index contributed by atoms with van der Waals surface area (Å²) in [5.41, 5.74) is 0.446. The van der Waals surface area contributed by atoms with Crippen molar-refractivity contribution in [2.24, 2.45) is 17.3 Å². The van der Waals surface area contributed by atoms with Gasteiger partial charge in [0.2, 0.25) is 5.91 Å². The maximum atomic E-state index is 12.1. The number of nitrogens with one attached hydrogen (secondary N) is 1. The first-order valence-corrected chi connectivity index (χ1v) is 8.11. The van der Waals surface area contributed by atoms with Crippen LogP contribution in [0.2, 0.25) is 0 Å². The van der Waals surface area contributed by atoms with Crippen molar-refractivity contribution >= 4 is 21.8 Å². The zero-order valence-corrected chi connectivity index (χ0v) is 12.4. The predicted molar refractivity (Wildman–Crippen MR) is 74.2 cm³/mol. The molecule has 2 saturated carbocycles. The zero-order valence-electron chi connectivity index (χ0n) is 10.8. The van der Waals surface area contributed by atoms with E-state index < -0.39 is 0 Å². The molecule has 1 N–H and O–H groups in total. The Morgan fingerprint density at radius 1 is 1.29 bits per heavy atom. The van der Waals surface area contributed by atoms with Crippen LogP contribution in [0.25, 0.3) is 0 Å². The SMILES string of the molecule is CC1CCC(C(=O)NCC2(CCBr)CC2)CC1. The van der Waals surface area contributed by atoms with Crippen molar-refractivity contribution in [2.75, 3.05) is 11.9 Å². The van der Waals surface area contributed by atoms with Crippen LogP contribution in [0.5, 0.6) is 0 Å². The minimum Gasteiger partial charge on any atom is -0.355 e. The van der Waals surface area contributed by atoms with Gasteiger partial charge >= 0.3 is 0 Å². The van der Waals surface area contributed by atoms with Gasteiger partial charge in [-0.15, -0.1) is 0 Å². The number of alkyl halides is 1. The molecule has 0 radical (unpaired) electrons. The maximum Gasteiger partial charge on any atom is 0.223 e. The predicted octanol–water partition coefficient (Wildman–Crippen LogP) is 3.49.